The normalized spacial score (nSPS) is 13.8. The molecule has 0 saturated heterocycles. The first kappa shape index (κ1) is 17.9. The Morgan fingerprint density at radius 1 is 1.15 bits per heavy atom. The molecule has 0 aromatic carbocycles. The molecule has 2 aromatic rings. The molecule has 0 saturated carbocycles. The van der Waals surface area contributed by atoms with E-state index in [1.807, 2.05) is 0 Å². The van der Waals surface area contributed by atoms with Gasteiger partial charge < -0.3 is 9.64 Å². The number of fused-ring (bicyclic) bond motifs is 1. The lowest BCUT2D eigenvalue weighted by atomic mass is 10.0. The molecule has 3 rings (SSSR count). The highest BCUT2D eigenvalue weighted by atomic mass is 19.1. The van der Waals surface area contributed by atoms with Crippen LogP contribution in [-0.4, -0.2) is 46.9 Å². The lowest BCUT2D eigenvalue weighted by Gasteiger charge is -2.20. The molecule has 3 heterocycles. The topological polar surface area (TPSA) is 72.4 Å². The number of hydrogen-bond acceptors (Lipinski definition) is 5. The van der Waals surface area contributed by atoms with Crippen LogP contribution >= 0.6 is 0 Å². The third kappa shape index (κ3) is 3.40. The van der Waals surface area contributed by atoms with Gasteiger partial charge in [0.15, 0.2) is 5.82 Å². The highest BCUT2D eigenvalue weighted by Crippen LogP contribution is 2.20. The van der Waals surface area contributed by atoms with Crippen LogP contribution < -0.4 is 0 Å². The fourth-order valence-corrected chi connectivity index (χ4v) is 3.00. The number of ether oxygens (including phenoxy) is 1. The van der Waals surface area contributed by atoms with Crippen LogP contribution in [-0.2, 0) is 17.6 Å². The molecule has 136 valence electrons. The molecule has 0 unspecified atom stereocenters. The predicted molar refractivity (Wildman–Crippen MR) is 87.8 cm³/mol. The number of pyridine rings is 2. The van der Waals surface area contributed by atoms with Crippen LogP contribution in [0.5, 0.6) is 0 Å². The van der Waals surface area contributed by atoms with Gasteiger partial charge in [-0.15, -0.1) is 0 Å². The Kier molecular flexibility index (Phi) is 4.92. The molecule has 8 heteroatoms. The lowest BCUT2D eigenvalue weighted by Crippen LogP contribution is -2.34. The van der Waals surface area contributed by atoms with E-state index >= 15 is 0 Å². The molecule has 0 atom stereocenters. The minimum Gasteiger partial charge on any atom is -0.465 e. The molecular weight excluding hydrogens is 344 g/mol. The van der Waals surface area contributed by atoms with E-state index in [-0.39, 0.29) is 5.56 Å². The van der Waals surface area contributed by atoms with Gasteiger partial charge in [0.1, 0.15) is 0 Å². The molecule has 26 heavy (non-hydrogen) atoms. The summed E-state index contributed by atoms with van der Waals surface area (Å²) in [5, 5.41) is 0. The summed E-state index contributed by atoms with van der Waals surface area (Å²) in [4.78, 5) is 33.5. The third-order valence-corrected chi connectivity index (χ3v) is 4.40. The number of hydrogen-bond donors (Lipinski definition) is 0. The van der Waals surface area contributed by atoms with Crippen LogP contribution in [0, 0.1) is 18.7 Å². The molecule has 0 radical (unpaired) electrons. The van der Waals surface area contributed by atoms with Crippen molar-refractivity contribution >= 4 is 11.9 Å². The minimum absolute atomic E-state index is 0.306. The van der Waals surface area contributed by atoms with E-state index in [0.29, 0.717) is 43.4 Å². The van der Waals surface area contributed by atoms with Gasteiger partial charge in [0, 0.05) is 31.3 Å². The van der Waals surface area contributed by atoms with Crippen molar-refractivity contribution in [3.63, 3.8) is 0 Å². The fourth-order valence-electron chi connectivity index (χ4n) is 3.00. The number of carbonyl (C=O) groups is 2. The Balaban J connectivity index is 1.85. The quantitative estimate of drug-likeness (QED) is 0.605. The Labute approximate surface area is 148 Å². The Bertz CT molecular complexity index is 886. The molecule has 0 aliphatic carbocycles. The summed E-state index contributed by atoms with van der Waals surface area (Å²) < 4.78 is 31.9. The smallest absolute Gasteiger partial charge is 0.339 e. The van der Waals surface area contributed by atoms with Gasteiger partial charge in [0.2, 0.25) is 5.95 Å². The second kappa shape index (κ2) is 7.15. The highest BCUT2D eigenvalue weighted by Gasteiger charge is 2.25. The van der Waals surface area contributed by atoms with Gasteiger partial charge in [-0.05, 0) is 25.0 Å². The number of esters is 1. The lowest BCUT2D eigenvalue weighted by molar-refractivity contribution is 0.0598. The van der Waals surface area contributed by atoms with Gasteiger partial charge in [-0.1, -0.05) is 0 Å². The SMILES string of the molecule is COC(=O)c1cc2c(nc1C)CCN(C(=O)c1cc(F)ncc1F)CC2. The Hall–Kier alpha value is -2.90. The monoisotopic (exact) mass is 361 g/mol. The third-order valence-electron chi connectivity index (χ3n) is 4.40. The van der Waals surface area contributed by atoms with Gasteiger partial charge in [-0.2, -0.15) is 4.39 Å². The molecule has 0 bridgehead atoms. The van der Waals surface area contributed by atoms with Crippen molar-refractivity contribution in [2.45, 2.75) is 19.8 Å². The first-order chi connectivity index (χ1) is 12.4. The Morgan fingerprint density at radius 3 is 2.62 bits per heavy atom. The van der Waals surface area contributed by atoms with E-state index in [4.69, 9.17) is 4.74 Å². The summed E-state index contributed by atoms with van der Waals surface area (Å²) in [5.41, 5.74) is 2.22. The number of aromatic nitrogens is 2. The van der Waals surface area contributed by atoms with Gasteiger partial charge in [0.25, 0.3) is 5.91 Å². The summed E-state index contributed by atoms with van der Waals surface area (Å²) in [5.74, 6) is -2.83. The molecule has 1 aliphatic heterocycles. The largest absolute Gasteiger partial charge is 0.465 e. The van der Waals surface area contributed by atoms with Crippen molar-refractivity contribution in [2.75, 3.05) is 20.2 Å². The zero-order chi connectivity index (χ0) is 18.8. The molecule has 6 nitrogen and oxygen atoms in total. The zero-order valence-electron chi connectivity index (χ0n) is 14.4. The minimum atomic E-state index is -0.909. The average molecular weight is 361 g/mol. The second-order valence-corrected chi connectivity index (χ2v) is 6.00. The van der Waals surface area contributed by atoms with E-state index in [0.717, 1.165) is 17.3 Å². The number of aryl methyl sites for hydroxylation is 1. The summed E-state index contributed by atoms with van der Waals surface area (Å²) >= 11 is 0. The van der Waals surface area contributed by atoms with E-state index in [9.17, 15) is 18.4 Å². The van der Waals surface area contributed by atoms with Gasteiger partial charge in [-0.25, -0.2) is 14.2 Å². The van der Waals surface area contributed by atoms with Crippen LogP contribution in [0.3, 0.4) is 0 Å². The van der Waals surface area contributed by atoms with Crippen molar-refractivity contribution < 1.29 is 23.1 Å². The number of halogens is 2. The standard InChI is InChI=1S/C18H17F2N3O3/c1-10-12(18(25)26-2)7-11-3-5-23(6-4-15(11)22-10)17(24)13-8-16(20)21-9-14(13)19/h7-9H,3-6H2,1-2H3. The van der Waals surface area contributed by atoms with E-state index in [2.05, 4.69) is 9.97 Å². The van der Waals surface area contributed by atoms with E-state index in [1.165, 1.54) is 12.0 Å². The number of methoxy groups -OCH3 is 1. The molecule has 0 spiro atoms. The maximum absolute atomic E-state index is 13.8. The maximum atomic E-state index is 13.8. The number of nitrogens with zero attached hydrogens (tertiary/aromatic N) is 3. The number of carbonyl (C=O) groups excluding carboxylic acids is 2. The number of rotatable bonds is 2. The van der Waals surface area contributed by atoms with Crippen LogP contribution in [0.25, 0.3) is 0 Å². The van der Waals surface area contributed by atoms with Crippen LogP contribution in [0.4, 0.5) is 8.78 Å². The summed E-state index contributed by atoms with van der Waals surface area (Å²) in [6.45, 7) is 2.34. The predicted octanol–water partition coefficient (Wildman–Crippen LogP) is 2.09. The second-order valence-electron chi connectivity index (χ2n) is 6.00. The highest BCUT2D eigenvalue weighted by molar-refractivity contribution is 5.94. The maximum Gasteiger partial charge on any atom is 0.339 e. The van der Waals surface area contributed by atoms with Gasteiger partial charge in [0.05, 0.1) is 30.1 Å². The molecule has 1 aliphatic rings. The summed E-state index contributed by atoms with van der Waals surface area (Å²) in [6, 6.07) is 2.53. The van der Waals surface area contributed by atoms with Crippen molar-refractivity contribution in [3.05, 3.63) is 58.2 Å². The van der Waals surface area contributed by atoms with Crippen molar-refractivity contribution in [1.29, 1.82) is 0 Å². The van der Waals surface area contributed by atoms with Crippen molar-refractivity contribution in [2.24, 2.45) is 0 Å². The van der Waals surface area contributed by atoms with Gasteiger partial charge in [-0.3, -0.25) is 9.78 Å². The van der Waals surface area contributed by atoms with E-state index < -0.39 is 23.6 Å². The Morgan fingerprint density at radius 2 is 1.88 bits per heavy atom. The summed E-state index contributed by atoms with van der Waals surface area (Å²) in [6.07, 6.45) is 1.61. The molecule has 0 N–H and O–H groups in total. The average Bonchev–Trinajstić information content (AvgIpc) is 2.84. The number of amides is 1. The molecular formula is C18H17F2N3O3. The van der Waals surface area contributed by atoms with Crippen molar-refractivity contribution in [1.82, 2.24) is 14.9 Å². The molecule has 0 fully saturated rings. The van der Waals surface area contributed by atoms with E-state index in [1.54, 1.807) is 13.0 Å². The summed E-state index contributed by atoms with van der Waals surface area (Å²) in [7, 11) is 1.30. The van der Waals surface area contributed by atoms with Gasteiger partial charge >= 0.3 is 5.97 Å². The first-order valence-electron chi connectivity index (χ1n) is 8.08. The molecule has 1 amide bonds. The van der Waals surface area contributed by atoms with Crippen molar-refractivity contribution in [3.8, 4) is 0 Å². The first-order valence-corrected chi connectivity index (χ1v) is 8.08. The van der Waals surface area contributed by atoms with Crippen LogP contribution in [0.15, 0.2) is 18.3 Å². The molecule has 2 aromatic heterocycles. The zero-order valence-corrected chi connectivity index (χ0v) is 14.4. The van der Waals surface area contributed by atoms with Crippen LogP contribution in [0.2, 0.25) is 0 Å². The van der Waals surface area contributed by atoms with Crippen LogP contribution in [0.1, 0.15) is 37.7 Å². The fraction of sp³-hybridized carbons (Fsp3) is 0.333.